The fourth-order valence-corrected chi connectivity index (χ4v) is 4.04. The van der Waals surface area contributed by atoms with Gasteiger partial charge in [-0.05, 0) is 57.0 Å². The summed E-state index contributed by atoms with van der Waals surface area (Å²) >= 11 is 0. The Kier molecular flexibility index (Phi) is 7.56. The van der Waals surface area contributed by atoms with Gasteiger partial charge in [0.25, 0.3) is 11.8 Å². The topological polar surface area (TPSA) is 144 Å². The van der Waals surface area contributed by atoms with E-state index in [0.717, 1.165) is 12.1 Å². The molecule has 0 saturated carbocycles. The van der Waals surface area contributed by atoms with Crippen LogP contribution in [0.25, 0.3) is 0 Å². The van der Waals surface area contributed by atoms with Crippen molar-refractivity contribution < 1.29 is 32.7 Å². The van der Waals surface area contributed by atoms with Crippen molar-refractivity contribution in [3.05, 3.63) is 53.3 Å². The molecule has 0 aliphatic carbocycles. The highest BCUT2D eigenvalue weighted by Crippen LogP contribution is 2.33. The Labute approximate surface area is 199 Å². The number of hydrogen-bond acceptors (Lipinski definition) is 5. The molecule has 2 heterocycles. The molecule has 0 fully saturated rings. The molecule has 1 aromatic heterocycles. The van der Waals surface area contributed by atoms with Gasteiger partial charge in [0.15, 0.2) is 0 Å². The van der Waals surface area contributed by atoms with Crippen LogP contribution in [0.3, 0.4) is 0 Å². The number of rotatable bonds is 8. The van der Waals surface area contributed by atoms with E-state index in [9.17, 15) is 32.7 Å². The fourth-order valence-electron chi connectivity index (χ4n) is 4.04. The molecule has 12 heteroatoms. The molecule has 2 unspecified atom stereocenters. The Balaban J connectivity index is 1.89. The second-order valence-electron chi connectivity index (χ2n) is 8.79. The Morgan fingerprint density at radius 2 is 1.80 bits per heavy atom. The van der Waals surface area contributed by atoms with Gasteiger partial charge in [0.1, 0.15) is 11.7 Å². The Hall–Kier alpha value is -3.38. The van der Waals surface area contributed by atoms with E-state index >= 15 is 0 Å². The standard InChI is InChI=1S/C23H28F3N5O4/c1-12(27)3-8-17(18(28)22(34)35)29-20(32)16-9-10-30-13(2)11-31(21(33)19(16)30)15-6-4-14(5-7-15)23(24,25)26/h4-7,9-10,12-13,17-18H,3,8,11,27-28H2,1-2H3,(H,29,32)(H,34,35)/t12?,13-,17?,18-/m0/s1. The second kappa shape index (κ2) is 10.1. The number of carboxylic acid groups (broad SMARTS) is 1. The van der Waals surface area contributed by atoms with Crippen molar-refractivity contribution in [3.8, 4) is 0 Å². The molecule has 0 saturated heterocycles. The van der Waals surface area contributed by atoms with Crippen LogP contribution in [0.4, 0.5) is 18.9 Å². The third-order valence-corrected chi connectivity index (χ3v) is 6.00. The summed E-state index contributed by atoms with van der Waals surface area (Å²) in [6, 6.07) is 2.83. The van der Waals surface area contributed by atoms with Crippen LogP contribution < -0.4 is 21.7 Å². The van der Waals surface area contributed by atoms with Gasteiger partial charge in [-0.25, -0.2) is 0 Å². The minimum Gasteiger partial charge on any atom is -0.480 e. The van der Waals surface area contributed by atoms with Crippen molar-refractivity contribution in [3.63, 3.8) is 0 Å². The lowest BCUT2D eigenvalue weighted by molar-refractivity contribution is -0.139. The summed E-state index contributed by atoms with van der Waals surface area (Å²) < 4.78 is 40.4. The van der Waals surface area contributed by atoms with E-state index in [1.807, 2.05) is 0 Å². The molecule has 190 valence electrons. The largest absolute Gasteiger partial charge is 0.480 e. The Morgan fingerprint density at radius 3 is 2.34 bits per heavy atom. The van der Waals surface area contributed by atoms with Crippen LogP contribution in [0.2, 0.25) is 0 Å². The van der Waals surface area contributed by atoms with Crippen molar-refractivity contribution in [1.29, 1.82) is 0 Å². The number of fused-ring (bicyclic) bond motifs is 1. The zero-order chi connectivity index (χ0) is 26.1. The van der Waals surface area contributed by atoms with Gasteiger partial charge in [-0.2, -0.15) is 13.2 Å². The molecule has 1 aliphatic heterocycles. The summed E-state index contributed by atoms with van der Waals surface area (Å²) in [5, 5.41) is 11.9. The number of nitrogens with two attached hydrogens (primary N) is 2. The molecule has 3 rings (SSSR count). The molecule has 2 amide bonds. The zero-order valence-corrected chi connectivity index (χ0v) is 19.2. The second-order valence-corrected chi connectivity index (χ2v) is 8.79. The van der Waals surface area contributed by atoms with Gasteiger partial charge >= 0.3 is 12.1 Å². The van der Waals surface area contributed by atoms with E-state index in [-0.39, 0.29) is 42.0 Å². The van der Waals surface area contributed by atoms with Crippen LogP contribution in [-0.2, 0) is 11.0 Å². The van der Waals surface area contributed by atoms with E-state index in [4.69, 9.17) is 11.5 Å². The van der Waals surface area contributed by atoms with Crippen molar-refractivity contribution in [2.45, 2.75) is 57.0 Å². The molecule has 9 nitrogen and oxygen atoms in total. The number of halogens is 3. The predicted molar refractivity (Wildman–Crippen MR) is 122 cm³/mol. The monoisotopic (exact) mass is 495 g/mol. The fraction of sp³-hybridized carbons (Fsp3) is 0.435. The molecule has 1 aromatic carbocycles. The van der Waals surface area contributed by atoms with Gasteiger partial charge in [0.2, 0.25) is 0 Å². The number of nitrogens with zero attached hydrogens (tertiary/aromatic N) is 2. The molecule has 0 bridgehead atoms. The van der Waals surface area contributed by atoms with E-state index < -0.39 is 41.6 Å². The van der Waals surface area contributed by atoms with Crippen LogP contribution in [0.15, 0.2) is 36.5 Å². The first kappa shape index (κ1) is 26.2. The predicted octanol–water partition coefficient (Wildman–Crippen LogP) is 2.37. The number of carbonyl (C=O) groups excluding carboxylic acids is 2. The van der Waals surface area contributed by atoms with Crippen molar-refractivity contribution in [1.82, 2.24) is 9.88 Å². The first-order valence-corrected chi connectivity index (χ1v) is 11.1. The third-order valence-electron chi connectivity index (χ3n) is 6.00. The van der Waals surface area contributed by atoms with Crippen molar-refractivity contribution in [2.24, 2.45) is 11.5 Å². The minimum absolute atomic E-state index is 0.0156. The first-order valence-electron chi connectivity index (χ1n) is 11.1. The lowest BCUT2D eigenvalue weighted by atomic mass is 10.00. The molecular formula is C23H28F3N5O4. The smallest absolute Gasteiger partial charge is 0.416 e. The Morgan fingerprint density at radius 1 is 1.17 bits per heavy atom. The number of carboxylic acids is 1. The average molecular weight is 496 g/mol. The van der Waals surface area contributed by atoms with Crippen LogP contribution >= 0.6 is 0 Å². The Bertz CT molecular complexity index is 1100. The average Bonchev–Trinajstić information content (AvgIpc) is 3.24. The molecule has 1 aliphatic rings. The van der Waals surface area contributed by atoms with E-state index in [0.29, 0.717) is 6.42 Å². The van der Waals surface area contributed by atoms with Crippen molar-refractivity contribution in [2.75, 3.05) is 11.4 Å². The number of hydrogen-bond donors (Lipinski definition) is 4. The number of aliphatic carboxylic acids is 1. The minimum atomic E-state index is -4.51. The molecule has 0 radical (unpaired) electrons. The summed E-state index contributed by atoms with van der Waals surface area (Å²) in [5.41, 5.74) is 11.0. The molecule has 4 atom stereocenters. The highest BCUT2D eigenvalue weighted by atomic mass is 19.4. The van der Waals surface area contributed by atoms with Gasteiger partial charge in [-0.15, -0.1) is 0 Å². The molecular weight excluding hydrogens is 467 g/mol. The van der Waals surface area contributed by atoms with Crippen LogP contribution in [0, 0.1) is 0 Å². The van der Waals surface area contributed by atoms with E-state index in [1.54, 1.807) is 24.6 Å². The highest BCUT2D eigenvalue weighted by Gasteiger charge is 2.36. The SMILES string of the molecule is CC(N)CCC(NC(=O)c1ccn2c1C(=O)N(c1ccc(C(F)(F)F)cc1)C[C@@H]2C)[C@H](N)C(=O)O. The maximum Gasteiger partial charge on any atom is 0.416 e. The van der Waals surface area contributed by atoms with Crippen LogP contribution in [0.1, 0.15) is 59.1 Å². The maximum absolute atomic E-state index is 13.3. The van der Waals surface area contributed by atoms with Gasteiger partial charge in [-0.3, -0.25) is 14.4 Å². The van der Waals surface area contributed by atoms with E-state index in [1.165, 1.54) is 23.1 Å². The summed E-state index contributed by atoms with van der Waals surface area (Å²) in [6.45, 7) is 3.74. The number of carbonyl (C=O) groups is 3. The zero-order valence-electron chi connectivity index (χ0n) is 19.2. The molecule has 2 aromatic rings. The number of nitrogens with one attached hydrogen (secondary N) is 1. The number of anilines is 1. The molecule has 6 N–H and O–H groups in total. The van der Waals surface area contributed by atoms with Gasteiger partial charge in [0, 0.05) is 30.5 Å². The normalized spacial score (nSPS) is 18.5. The van der Waals surface area contributed by atoms with Gasteiger partial charge < -0.3 is 31.4 Å². The number of aromatic nitrogens is 1. The summed E-state index contributed by atoms with van der Waals surface area (Å²) in [7, 11) is 0. The molecule has 35 heavy (non-hydrogen) atoms. The molecule has 0 spiro atoms. The van der Waals surface area contributed by atoms with Crippen LogP contribution in [-0.4, -0.2) is 52.1 Å². The van der Waals surface area contributed by atoms with Crippen LogP contribution in [0.5, 0.6) is 0 Å². The quantitative estimate of drug-likeness (QED) is 0.443. The highest BCUT2D eigenvalue weighted by molar-refractivity contribution is 6.13. The number of amides is 2. The van der Waals surface area contributed by atoms with E-state index in [2.05, 4.69) is 5.32 Å². The summed E-state index contributed by atoms with van der Waals surface area (Å²) in [4.78, 5) is 39.2. The van der Waals surface area contributed by atoms with Gasteiger partial charge in [0.05, 0.1) is 17.2 Å². The lowest BCUT2D eigenvalue weighted by Gasteiger charge is -2.33. The first-order chi connectivity index (χ1) is 16.3. The third kappa shape index (κ3) is 5.65. The summed E-state index contributed by atoms with van der Waals surface area (Å²) in [5.74, 6) is -2.54. The number of benzene rings is 1. The lowest BCUT2D eigenvalue weighted by Crippen LogP contribution is -2.52. The van der Waals surface area contributed by atoms with Crippen molar-refractivity contribution >= 4 is 23.5 Å². The maximum atomic E-state index is 13.3. The summed E-state index contributed by atoms with van der Waals surface area (Å²) in [6.07, 6.45) is -2.30. The number of alkyl halides is 3. The van der Waals surface area contributed by atoms with Gasteiger partial charge in [-0.1, -0.05) is 0 Å².